The number of H-pyrrole nitrogens is 1. The van der Waals surface area contributed by atoms with Crippen LogP contribution in [0.3, 0.4) is 0 Å². The van der Waals surface area contributed by atoms with Gasteiger partial charge >= 0.3 is 5.97 Å². The number of carboxylic acid groups (broad SMARTS) is 1. The Labute approximate surface area is 176 Å². The summed E-state index contributed by atoms with van der Waals surface area (Å²) in [4.78, 5) is 30.9. The highest BCUT2D eigenvalue weighted by atomic mass is 16.4. The van der Waals surface area contributed by atoms with Gasteiger partial charge in [-0.15, -0.1) is 0 Å². The molecule has 2 aliphatic heterocycles. The van der Waals surface area contributed by atoms with Crippen LogP contribution in [0.25, 0.3) is 10.9 Å². The maximum Gasteiger partial charge on any atom is 0.309 e. The Morgan fingerprint density at radius 3 is 2.60 bits per heavy atom. The van der Waals surface area contributed by atoms with Crippen LogP contribution in [-0.4, -0.2) is 39.0 Å². The Kier molecular flexibility index (Phi) is 3.91. The normalized spacial score (nSPS) is 33.2. The average molecular weight is 407 g/mol. The molecule has 3 atom stereocenters. The zero-order chi connectivity index (χ0) is 20.6. The molecule has 4 bridgehead atoms. The summed E-state index contributed by atoms with van der Waals surface area (Å²) in [6.07, 6.45) is 9.22. The van der Waals surface area contributed by atoms with Gasteiger partial charge in [0, 0.05) is 35.6 Å². The van der Waals surface area contributed by atoms with Crippen LogP contribution in [0.1, 0.15) is 81.3 Å². The fourth-order valence-corrected chi connectivity index (χ4v) is 7.14. The van der Waals surface area contributed by atoms with Crippen molar-refractivity contribution in [3.8, 4) is 0 Å². The number of carbonyl (C=O) groups is 2. The van der Waals surface area contributed by atoms with E-state index in [1.807, 2.05) is 0 Å². The van der Waals surface area contributed by atoms with Crippen molar-refractivity contribution in [3.05, 3.63) is 35.5 Å². The molecule has 2 N–H and O–H groups in total. The number of piperidine rings is 2. The van der Waals surface area contributed by atoms with E-state index in [0.29, 0.717) is 31.1 Å². The van der Waals surface area contributed by atoms with Gasteiger partial charge < -0.3 is 15.0 Å². The Morgan fingerprint density at radius 2 is 1.93 bits per heavy atom. The van der Waals surface area contributed by atoms with Crippen molar-refractivity contribution in [1.29, 1.82) is 0 Å². The molecule has 0 spiro atoms. The van der Waals surface area contributed by atoms with Crippen LogP contribution in [0.2, 0.25) is 0 Å². The highest BCUT2D eigenvalue weighted by molar-refractivity contribution is 5.89. The molecule has 3 unspecified atom stereocenters. The van der Waals surface area contributed by atoms with Crippen LogP contribution in [0.15, 0.2) is 24.4 Å². The van der Waals surface area contributed by atoms with Crippen molar-refractivity contribution in [2.45, 2.75) is 82.2 Å². The molecule has 5 heteroatoms. The third kappa shape index (κ3) is 2.67. The summed E-state index contributed by atoms with van der Waals surface area (Å²) in [7, 11) is 0. The zero-order valence-electron chi connectivity index (χ0n) is 17.6. The number of hydrogen-bond donors (Lipinski definition) is 2. The van der Waals surface area contributed by atoms with Crippen molar-refractivity contribution >= 4 is 22.8 Å². The van der Waals surface area contributed by atoms with E-state index < -0.39 is 11.4 Å². The first-order valence-electron chi connectivity index (χ1n) is 11.6. The van der Waals surface area contributed by atoms with Crippen LogP contribution >= 0.6 is 0 Å². The van der Waals surface area contributed by atoms with E-state index in [9.17, 15) is 14.7 Å². The number of aromatic amines is 1. The smallest absolute Gasteiger partial charge is 0.309 e. The number of amides is 1. The van der Waals surface area contributed by atoms with Crippen LogP contribution in [-0.2, 0) is 9.59 Å². The van der Waals surface area contributed by atoms with Gasteiger partial charge in [0.2, 0.25) is 5.91 Å². The molecule has 0 radical (unpaired) electrons. The number of fused-ring (bicyclic) bond motifs is 1. The molecule has 5 nitrogen and oxygen atoms in total. The van der Waals surface area contributed by atoms with Crippen molar-refractivity contribution in [1.82, 2.24) is 9.88 Å². The first-order valence-corrected chi connectivity index (χ1v) is 11.6. The SMILES string of the molecule is CC(CC(=O)N1C2CC3CC1CC(C(=O)O)(C3)C2)c1c[nH]c2cccc(C3CC3)c12. The quantitative estimate of drug-likeness (QED) is 0.750. The van der Waals surface area contributed by atoms with Gasteiger partial charge in [0.15, 0.2) is 0 Å². The van der Waals surface area contributed by atoms with Gasteiger partial charge in [-0.05, 0) is 79.9 Å². The first kappa shape index (κ1) is 18.5. The summed E-state index contributed by atoms with van der Waals surface area (Å²) in [6, 6.07) is 6.75. The van der Waals surface area contributed by atoms with Gasteiger partial charge in [-0.2, -0.15) is 0 Å². The molecular formula is C25H30N2O3. The van der Waals surface area contributed by atoms with E-state index >= 15 is 0 Å². The van der Waals surface area contributed by atoms with Crippen LogP contribution < -0.4 is 0 Å². The number of rotatable bonds is 5. The fourth-order valence-electron chi connectivity index (χ4n) is 7.14. The van der Waals surface area contributed by atoms with Crippen molar-refractivity contribution in [2.24, 2.45) is 11.3 Å². The maximum absolute atomic E-state index is 13.4. The number of aromatic nitrogens is 1. The third-order valence-corrected chi connectivity index (χ3v) is 8.47. The number of aliphatic carboxylic acids is 1. The van der Waals surface area contributed by atoms with E-state index in [1.165, 1.54) is 34.9 Å². The Hall–Kier alpha value is -2.30. The minimum absolute atomic E-state index is 0.122. The molecular weight excluding hydrogens is 376 g/mol. The molecule has 30 heavy (non-hydrogen) atoms. The molecule has 5 fully saturated rings. The number of benzene rings is 1. The van der Waals surface area contributed by atoms with Gasteiger partial charge in [0.25, 0.3) is 0 Å². The standard InChI is InChI=1S/C25H30N2O3/c1-14(20-13-26-21-4-2-3-19(23(20)21)16-5-6-16)7-22(28)27-17-8-15-9-18(27)12-25(10-15,11-17)24(29)30/h2-4,13-18,26H,5-12H2,1H3,(H,29,30). The minimum Gasteiger partial charge on any atom is -0.481 e. The van der Waals surface area contributed by atoms with E-state index in [2.05, 4.69) is 41.2 Å². The minimum atomic E-state index is -0.645. The maximum atomic E-state index is 13.4. The predicted molar refractivity (Wildman–Crippen MR) is 114 cm³/mol. The molecule has 2 saturated heterocycles. The summed E-state index contributed by atoms with van der Waals surface area (Å²) in [6.45, 7) is 2.17. The molecule has 1 aromatic heterocycles. The second-order valence-corrected chi connectivity index (χ2v) is 10.5. The van der Waals surface area contributed by atoms with Crippen molar-refractivity contribution in [2.75, 3.05) is 0 Å². The van der Waals surface area contributed by atoms with E-state index in [4.69, 9.17) is 0 Å². The zero-order valence-corrected chi connectivity index (χ0v) is 17.6. The summed E-state index contributed by atoms with van der Waals surface area (Å²) in [5.41, 5.74) is 3.29. The summed E-state index contributed by atoms with van der Waals surface area (Å²) >= 11 is 0. The monoisotopic (exact) mass is 406 g/mol. The van der Waals surface area contributed by atoms with Crippen LogP contribution in [0, 0.1) is 11.3 Å². The van der Waals surface area contributed by atoms with Gasteiger partial charge in [0.05, 0.1) is 5.41 Å². The van der Waals surface area contributed by atoms with Crippen molar-refractivity contribution in [3.63, 3.8) is 0 Å². The van der Waals surface area contributed by atoms with Gasteiger partial charge in [-0.3, -0.25) is 9.59 Å². The predicted octanol–water partition coefficient (Wildman–Crippen LogP) is 4.78. The lowest BCUT2D eigenvalue weighted by Gasteiger charge is -2.60. The fraction of sp³-hybridized carbons (Fsp3) is 0.600. The molecule has 158 valence electrons. The molecule has 7 rings (SSSR count). The Balaban J connectivity index is 1.25. The number of hydrogen-bond acceptors (Lipinski definition) is 2. The van der Waals surface area contributed by atoms with Crippen LogP contribution in [0.5, 0.6) is 0 Å². The Morgan fingerprint density at radius 1 is 1.20 bits per heavy atom. The molecule has 3 heterocycles. The second kappa shape index (κ2) is 6.35. The number of nitrogens with zero attached hydrogens (tertiary/aromatic N) is 1. The molecule has 2 aromatic rings. The van der Waals surface area contributed by atoms with E-state index in [-0.39, 0.29) is 23.9 Å². The molecule has 5 aliphatic rings. The lowest BCUT2D eigenvalue weighted by Crippen LogP contribution is -2.65. The van der Waals surface area contributed by atoms with Gasteiger partial charge in [-0.25, -0.2) is 0 Å². The number of carboxylic acids is 1. The lowest BCUT2D eigenvalue weighted by molar-refractivity contribution is -0.178. The molecule has 3 aliphatic carbocycles. The van der Waals surface area contributed by atoms with Gasteiger partial charge in [-0.1, -0.05) is 19.1 Å². The molecule has 1 aromatic carbocycles. The summed E-state index contributed by atoms with van der Waals surface area (Å²) in [5, 5.41) is 11.2. The van der Waals surface area contributed by atoms with E-state index in [0.717, 1.165) is 19.3 Å². The molecule has 1 amide bonds. The summed E-state index contributed by atoms with van der Waals surface area (Å²) in [5.74, 6) is 0.877. The second-order valence-electron chi connectivity index (χ2n) is 10.5. The largest absolute Gasteiger partial charge is 0.481 e. The summed E-state index contributed by atoms with van der Waals surface area (Å²) < 4.78 is 0. The highest BCUT2D eigenvalue weighted by Gasteiger charge is 2.58. The molecule has 3 saturated carbocycles. The number of carbonyl (C=O) groups excluding carboxylic acids is 1. The van der Waals surface area contributed by atoms with E-state index in [1.54, 1.807) is 0 Å². The topological polar surface area (TPSA) is 73.4 Å². The highest BCUT2D eigenvalue weighted by Crippen LogP contribution is 2.56. The van der Waals surface area contributed by atoms with Crippen LogP contribution in [0.4, 0.5) is 0 Å². The van der Waals surface area contributed by atoms with Gasteiger partial charge in [0.1, 0.15) is 0 Å². The Bertz CT molecular complexity index is 1020. The number of nitrogens with one attached hydrogen (secondary N) is 1. The first-order chi connectivity index (χ1) is 14.4. The lowest BCUT2D eigenvalue weighted by atomic mass is 9.55. The average Bonchev–Trinajstić information content (AvgIpc) is 3.44. The third-order valence-electron chi connectivity index (χ3n) is 8.47. The van der Waals surface area contributed by atoms with Crippen molar-refractivity contribution < 1.29 is 14.7 Å².